The molecule has 0 aromatic heterocycles. The summed E-state index contributed by atoms with van der Waals surface area (Å²) in [6.07, 6.45) is -1.04. The number of esters is 1. The molecule has 2 aromatic rings. The Labute approximate surface area is 154 Å². The fourth-order valence-corrected chi connectivity index (χ4v) is 2.54. The smallest absolute Gasteiger partial charge is 0.413 e. The van der Waals surface area contributed by atoms with Crippen molar-refractivity contribution in [1.82, 2.24) is 4.90 Å². The van der Waals surface area contributed by atoms with Crippen molar-refractivity contribution in [3.05, 3.63) is 66.0 Å². The predicted octanol–water partition coefficient (Wildman–Crippen LogP) is 2.68. The molecule has 0 aliphatic carbocycles. The SMILES string of the molecule is O=C(C[C@H]1C(=O)OCN1C(=O)OCc1ccccc1)Nc1ccc(F)cc1. The first-order valence-electron chi connectivity index (χ1n) is 8.22. The van der Waals surface area contributed by atoms with Crippen LogP contribution in [0.3, 0.4) is 0 Å². The fourth-order valence-electron chi connectivity index (χ4n) is 2.54. The van der Waals surface area contributed by atoms with Crippen molar-refractivity contribution in [1.29, 1.82) is 0 Å². The lowest BCUT2D eigenvalue weighted by atomic mass is 10.2. The van der Waals surface area contributed by atoms with Gasteiger partial charge in [-0.3, -0.25) is 9.69 Å². The highest BCUT2D eigenvalue weighted by Crippen LogP contribution is 2.18. The van der Waals surface area contributed by atoms with Crippen molar-refractivity contribution in [2.24, 2.45) is 0 Å². The number of ether oxygens (including phenoxy) is 2. The minimum Gasteiger partial charge on any atom is -0.444 e. The number of nitrogens with one attached hydrogen (secondary N) is 1. The maximum absolute atomic E-state index is 12.9. The monoisotopic (exact) mass is 372 g/mol. The third-order valence-corrected chi connectivity index (χ3v) is 3.94. The molecule has 1 heterocycles. The number of nitrogens with zero attached hydrogens (tertiary/aromatic N) is 1. The molecule has 1 aliphatic heterocycles. The summed E-state index contributed by atoms with van der Waals surface area (Å²) in [5.41, 5.74) is 1.17. The molecule has 1 fully saturated rings. The molecule has 1 saturated heterocycles. The second kappa shape index (κ2) is 8.31. The summed E-state index contributed by atoms with van der Waals surface area (Å²) in [6.45, 7) is -0.236. The lowest BCUT2D eigenvalue weighted by Gasteiger charge is -2.19. The Bertz CT molecular complexity index is 826. The normalized spacial score (nSPS) is 16.0. The largest absolute Gasteiger partial charge is 0.444 e. The topological polar surface area (TPSA) is 84.9 Å². The molecule has 1 aliphatic rings. The molecule has 0 spiro atoms. The molecule has 1 atom stereocenters. The van der Waals surface area contributed by atoms with Gasteiger partial charge in [-0.2, -0.15) is 0 Å². The van der Waals surface area contributed by atoms with Crippen LogP contribution in [0.25, 0.3) is 0 Å². The quantitative estimate of drug-likeness (QED) is 0.816. The Morgan fingerprint density at radius 1 is 1.15 bits per heavy atom. The molecular weight excluding hydrogens is 355 g/mol. The van der Waals surface area contributed by atoms with E-state index in [0.717, 1.165) is 10.5 Å². The van der Waals surface area contributed by atoms with E-state index in [2.05, 4.69) is 5.32 Å². The number of rotatable bonds is 5. The Hall–Kier alpha value is -3.42. The molecule has 8 heteroatoms. The van der Waals surface area contributed by atoms with Crippen molar-refractivity contribution in [2.45, 2.75) is 19.1 Å². The Kier molecular flexibility index (Phi) is 5.65. The average molecular weight is 372 g/mol. The van der Waals surface area contributed by atoms with Crippen molar-refractivity contribution in [3.63, 3.8) is 0 Å². The number of benzene rings is 2. The van der Waals surface area contributed by atoms with E-state index in [-0.39, 0.29) is 19.8 Å². The fraction of sp³-hybridized carbons (Fsp3) is 0.211. The van der Waals surface area contributed by atoms with Gasteiger partial charge in [-0.1, -0.05) is 30.3 Å². The Morgan fingerprint density at radius 3 is 2.56 bits per heavy atom. The number of hydrogen-bond acceptors (Lipinski definition) is 5. The van der Waals surface area contributed by atoms with Gasteiger partial charge in [0.15, 0.2) is 6.73 Å². The van der Waals surface area contributed by atoms with Crippen LogP contribution in [0, 0.1) is 5.82 Å². The van der Waals surface area contributed by atoms with Crippen molar-refractivity contribution >= 4 is 23.7 Å². The van der Waals surface area contributed by atoms with Gasteiger partial charge in [0.1, 0.15) is 18.5 Å². The summed E-state index contributed by atoms with van der Waals surface area (Å²) >= 11 is 0. The molecule has 27 heavy (non-hydrogen) atoms. The van der Waals surface area contributed by atoms with Crippen LogP contribution >= 0.6 is 0 Å². The van der Waals surface area contributed by atoms with Crippen LogP contribution in [-0.4, -0.2) is 35.6 Å². The van der Waals surface area contributed by atoms with Gasteiger partial charge in [0.2, 0.25) is 5.91 Å². The lowest BCUT2D eigenvalue weighted by molar-refractivity contribution is -0.140. The zero-order valence-electron chi connectivity index (χ0n) is 14.3. The summed E-state index contributed by atoms with van der Waals surface area (Å²) in [5.74, 6) is -1.62. The maximum Gasteiger partial charge on any atom is 0.413 e. The molecule has 2 aromatic carbocycles. The van der Waals surface area contributed by atoms with E-state index < -0.39 is 29.8 Å². The van der Waals surface area contributed by atoms with E-state index in [4.69, 9.17) is 9.47 Å². The Balaban J connectivity index is 1.57. The van der Waals surface area contributed by atoms with E-state index in [1.807, 2.05) is 18.2 Å². The molecule has 0 radical (unpaired) electrons. The van der Waals surface area contributed by atoms with Crippen LogP contribution < -0.4 is 5.32 Å². The van der Waals surface area contributed by atoms with Gasteiger partial charge in [0, 0.05) is 5.69 Å². The van der Waals surface area contributed by atoms with E-state index in [1.54, 1.807) is 12.1 Å². The van der Waals surface area contributed by atoms with Gasteiger partial charge in [-0.15, -0.1) is 0 Å². The van der Waals surface area contributed by atoms with Crippen molar-refractivity contribution in [3.8, 4) is 0 Å². The van der Waals surface area contributed by atoms with Crippen LogP contribution in [0.2, 0.25) is 0 Å². The van der Waals surface area contributed by atoms with Gasteiger partial charge >= 0.3 is 12.1 Å². The summed E-state index contributed by atoms with van der Waals surface area (Å²) in [7, 11) is 0. The number of carbonyl (C=O) groups excluding carboxylic acids is 3. The van der Waals surface area contributed by atoms with Crippen molar-refractivity contribution < 1.29 is 28.2 Å². The molecule has 1 N–H and O–H groups in total. The van der Waals surface area contributed by atoms with Gasteiger partial charge in [-0.25, -0.2) is 14.0 Å². The van der Waals surface area contributed by atoms with Gasteiger partial charge in [-0.05, 0) is 29.8 Å². The maximum atomic E-state index is 12.9. The summed E-state index contributed by atoms with van der Waals surface area (Å²) in [6, 6.07) is 13.2. The van der Waals surface area contributed by atoms with Crippen LogP contribution in [0.15, 0.2) is 54.6 Å². The molecule has 7 nitrogen and oxygen atoms in total. The first kappa shape index (κ1) is 18.4. The average Bonchev–Trinajstić information content (AvgIpc) is 3.03. The predicted molar refractivity (Wildman–Crippen MR) is 92.9 cm³/mol. The molecule has 3 rings (SSSR count). The number of cyclic esters (lactones) is 1. The highest BCUT2D eigenvalue weighted by Gasteiger charge is 2.40. The van der Waals surface area contributed by atoms with E-state index in [9.17, 15) is 18.8 Å². The third kappa shape index (κ3) is 4.81. The van der Waals surface area contributed by atoms with Crippen LogP contribution in [-0.2, 0) is 25.7 Å². The van der Waals surface area contributed by atoms with Crippen LogP contribution in [0.1, 0.15) is 12.0 Å². The molecule has 0 saturated carbocycles. The highest BCUT2D eigenvalue weighted by molar-refractivity contribution is 5.95. The number of carbonyl (C=O) groups is 3. The zero-order chi connectivity index (χ0) is 19.2. The second-order valence-corrected chi connectivity index (χ2v) is 5.88. The molecule has 2 amide bonds. The van der Waals surface area contributed by atoms with Crippen molar-refractivity contribution in [2.75, 3.05) is 12.0 Å². The molecular formula is C19H17FN2O5. The van der Waals surface area contributed by atoms with E-state index in [0.29, 0.717) is 5.69 Å². The lowest BCUT2D eigenvalue weighted by Crippen LogP contribution is -2.40. The van der Waals surface area contributed by atoms with Crippen LogP contribution in [0.4, 0.5) is 14.9 Å². The molecule has 0 unspecified atom stereocenters. The standard InChI is InChI=1S/C19H17FN2O5/c20-14-6-8-15(9-7-14)21-17(23)10-16-18(24)27-12-22(16)19(25)26-11-13-4-2-1-3-5-13/h1-9,16H,10-12H2,(H,21,23)/t16-/m0/s1. The van der Waals surface area contributed by atoms with Gasteiger partial charge in [0.05, 0.1) is 6.42 Å². The first-order chi connectivity index (χ1) is 13.0. The van der Waals surface area contributed by atoms with Gasteiger partial charge in [0.25, 0.3) is 0 Å². The summed E-state index contributed by atoms with van der Waals surface area (Å²) in [5, 5.41) is 2.54. The number of hydrogen-bond donors (Lipinski definition) is 1. The zero-order valence-corrected chi connectivity index (χ0v) is 14.3. The van der Waals surface area contributed by atoms with E-state index >= 15 is 0 Å². The number of anilines is 1. The van der Waals surface area contributed by atoms with Gasteiger partial charge < -0.3 is 14.8 Å². The first-order valence-corrected chi connectivity index (χ1v) is 8.22. The summed E-state index contributed by atoms with van der Waals surface area (Å²) in [4.78, 5) is 37.4. The van der Waals surface area contributed by atoms with Crippen LogP contribution in [0.5, 0.6) is 0 Å². The molecule has 0 bridgehead atoms. The number of amides is 2. The van der Waals surface area contributed by atoms with E-state index in [1.165, 1.54) is 24.3 Å². The number of halogens is 1. The second-order valence-electron chi connectivity index (χ2n) is 5.88. The minimum atomic E-state index is -1.08. The highest BCUT2D eigenvalue weighted by atomic mass is 19.1. The summed E-state index contributed by atoms with van der Waals surface area (Å²) < 4.78 is 23.0. The third-order valence-electron chi connectivity index (χ3n) is 3.94. The molecule has 140 valence electrons. The Morgan fingerprint density at radius 2 is 1.85 bits per heavy atom. The minimum absolute atomic E-state index is 0.0405.